The Morgan fingerprint density at radius 1 is 1.08 bits per heavy atom. The van der Waals surface area contributed by atoms with E-state index in [4.69, 9.17) is 5.73 Å². The topological polar surface area (TPSA) is 67.2 Å². The van der Waals surface area contributed by atoms with Gasteiger partial charge in [0, 0.05) is 18.8 Å². The number of nitrogens with two attached hydrogens (primary N) is 1. The maximum absolute atomic E-state index is 13.1. The second kappa shape index (κ2) is 10.9. The number of primary amides is 1. The minimum Gasteiger partial charge on any atom is -0.381 e. The maximum atomic E-state index is 13.1. The molecular weight excluding hydrogens is 352 g/mol. The van der Waals surface area contributed by atoms with Gasteiger partial charge in [0.15, 0.2) is 0 Å². The standard InChI is InChI=1S/C17H20FN3O.2ClH/c1-12(17(19)22)20-10-13-5-7-16(8-6-13)21-11-14-3-2-4-15(18)9-14;;/h2-9,12,20-21H,10-11H2,1H3,(H2,19,22);2*1H/t12-;;/m0../s1. The fourth-order valence-electron chi connectivity index (χ4n) is 1.96. The molecule has 0 unspecified atom stereocenters. The Kier molecular flexibility index (Phi) is 10.0. The van der Waals surface area contributed by atoms with Crippen LogP contribution < -0.4 is 16.4 Å². The van der Waals surface area contributed by atoms with Crippen molar-refractivity contribution in [2.75, 3.05) is 5.32 Å². The summed E-state index contributed by atoms with van der Waals surface area (Å²) < 4.78 is 13.1. The number of benzene rings is 2. The number of carbonyl (C=O) groups excluding carboxylic acids is 1. The van der Waals surface area contributed by atoms with Crippen molar-refractivity contribution < 1.29 is 9.18 Å². The molecule has 0 aliphatic rings. The number of rotatable bonds is 7. The van der Waals surface area contributed by atoms with E-state index in [9.17, 15) is 9.18 Å². The summed E-state index contributed by atoms with van der Waals surface area (Å²) in [4.78, 5) is 10.9. The predicted molar refractivity (Wildman–Crippen MR) is 100 cm³/mol. The van der Waals surface area contributed by atoms with Crippen LogP contribution in [0, 0.1) is 5.82 Å². The lowest BCUT2D eigenvalue weighted by Crippen LogP contribution is -2.38. The quantitative estimate of drug-likeness (QED) is 0.697. The maximum Gasteiger partial charge on any atom is 0.234 e. The van der Waals surface area contributed by atoms with Crippen LogP contribution in [0.2, 0.25) is 0 Å². The Morgan fingerprint density at radius 2 is 1.75 bits per heavy atom. The zero-order chi connectivity index (χ0) is 15.9. The molecule has 7 heteroatoms. The molecule has 2 aromatic rings. The highest BCUT2D eigenvalue weighted by molar-refractivity contribution is 5.85. The summed E-state index contributed by atoms with van der Waals surface area (Å²) >= 11 is 0. The summed E-state index contributed by atoms with van der Waals surface area (Å²) in [5.41, 5.74) is 8.10. The molecule has 4 N–H and O–H groups in total. The SMILES string of the molecule is C[C@H](NCc1ccc(NCc2cccc(F)c2)cc1)C(N)=O.Cl.Cl. The van der Waals surface area contributed by atoms with Crippen LogP contribution in [-0.4, -0.2) is 11.9 Å². The Morgan fingerprint density at radius 3 is 2.33 bits per heavy atom. The first-order chi connectivity index (χ1) is 10.5. The van der Waals surface area contributed by atoms with Crippen molar-refractivity contribution in [3.8, 4) is 0 Å². The average molecular weight is 374 g/mol. The highest BCUT2D eigenvalue weighted by atomic mass is 35.5. The number of halogens is 3. The molecular formula is C17H22Cl2FN3O. The molecule has 4 nitrogen and oxygen atoms in total. The van der Waals surface area contributed by atoms with Gasteiger partial charge in [0.25, 0.3) is 0 Å². The monoisotopic (exact) mass is 373 g/mol. The summed E-state index contributed by atoms with van der Waals surface area (Å²) in [5, 5.41) is 6.28. The Bertz CT molecular complexity index is 638. The van der Waals surface area contributed by atoms with Crippen LogP contribution in [0.1, 0.15) is 18.1 Å². The van der Waals surface area contributed by atoms with E-state index < -0.39 is 0 Å². The molecule has 24 heavy (non-hydrogen) atoms. The van der Waals surface area contributed by atoms with Gasteiger partial charge >= 0.3 is 0 Å². The zero-order valence-corrected chi connectivity index (χ0v) is 14.9. The third-order valence-corrected chi connectivity index (χ3v) is 3.38. The van der Waals surface area contributed by atoms with Gasteiger partial charge in [-0.05, 0) is 42.3 Å². The van der Waals surface area contributed by atoms with E-state index in [1.807, 2.05) is 30.3 Å². The third-order valence-electron chi connectivity index (χ3n) is 3.38. The number of anilines is 1. The van der Waals surface area contributed by atoms with Crippen LogP contribution >= 0.6 is 24.8 Å². The molecule has 132 valence electrons. The van der Waals surface area contributed by atoms with Crippen LogP contribution in [-0.2, 0) is 17.9 Å². The third kappa shape index (κ3) is 7.17. The van der Waals surface area contributed by atoms with Crippen molar-refractivity contribution in [2.24, 2.45) is 5.73 Å². The van der Waals surface area contributed by atoms with Gasteiger partial charge in [-0.2, -0.15) is 0 Å². The number of nitrogens with one attached hydrogen (secondary N) is 2. The predicted octanol–water partition coefficient (Wildman–Crippen LogP) is 3.24. The molecule has 0 aliphatic carbocycles. The summed E-state index contributed by atoms with van der Waals surface area (Å²) in [6, 6.07) is 14.0. The van der Waals surface area contributed by atoms with Gasteiger partial charge in [0.05, 0.1) is 6.04 Å². The number of hydrogen-bond acceptors (Lipinski definition) is 3. The van der Waals surface area contributed by atoms with E-state index in [-0.39, 0.29) is 42.6 Å². The molecule has 0 heterocycles. The van der Waals surface area contributed by atoms with Crippen molar-refractivity contribution in [1.82, 2.24) is 5.32 Å². The molecule has 0 aliphatic heterocycles. The minimum absolute atomic E-state index is 0. The van der Waals surface area contributed by atoms with Gasteiger partial charge in [0.2, 0.25) is 5.91 Å². The van der Waals surface area contributed by atoms with Gasteiger partial charge in [-0.25, -0.2) is 4.39 Å². The molecule has 1 amide bonds. The largest absolute Gasteiger partial charge is 0.381 e. The molecule has 0 bridgehead atoms. The summed E-state index contributed by atoms with van der Waals surface area (Å²) in [5.74, 6) is -0.599. The lowest BCUT2D eigenvalue weighted by molar-refractivity contribution is -0.119. The Labute approximate surface area is 153 Å². The molecule has 2 aromatic carbocycles. The van der Waals surface area contributed by atoms with Gasteiger partial charge in [-0.3, -0.25) is 4.79 Å². The smallest absolute Gasteiger partial charge is 0.234 e. The molecule has 0 aromatic heterocycles. The normalized spacial score (nSPS) is 10.9. The lowest BCUT2D eigenvalue weighted by atomic mass is 10.1. The lowest BCUT2D eigenvalue weighted by Gasteiger charge is -2.11. The van der Waals surface area contributed by atoms with E-state index in [0.717, 1.165) is 16.8 Å². The Balaban J connectivity index is 0.00000264. The average Bonchev–Trinajstić information content (AvgIpc) is 2.51. The first-order valence-corrected chi connectivity index (χ1v) is 7.14. The fraction of sp³-hybridized carbons (Fsp3) is 0.235. The molecule has 2 rings (SSSR count). The van der Waals surface area contributed by atoms with Crippen LogP contribution in [0.15, 0.2) is 48.5 Å². The highest BCUT2D eigenvalue weighted by Gasteiger charge is 2.06. The first-order valence-electron chi connectivity index (χ1n) is 7.14. The molecule has 0 saturated carbocycles. The number of hydrogen-bond donors (Lipinski definition) is 3. The van der Waals surface area contributed by atoms with Gasteiger partial charge < -0.3 is 16.4 Å². The summed E-state index contributed by atoms with van der Waals surface area (Å²) in [6.07, 6.45) is 0. The van der Waals surface area contributed by atoms with E-state index in [1.165, 1.54) is 12.1 Å². The van der Waals surface area contributed by atoms with Crippen molar-refractivity contribution in [2.45, 2.75) is 26.1 Å². The zero-order valence-electron chi connectivity index (χ0n) is 13.3. The van der Waals surface area contributed by atoms with E-state index >= 15 is 0 Å². The van der Waals surface area contributed by atoms with Crippen molar-refractivity contribution in [1.29, 1.82) is 0 Å². The summed E-state index contributed by atoms with van der Waals surface area (Å²) in [6.45, 7) is 2.87. The second-order valence-electron chi connectivity index (χ2n) is 5.19. The van der Waals surface area contributed by atoms with Crippen LogP contribution in [0.3, 0.4) is 0 Å². The van der Waals surface area contributed by atoms with Crippen LogP contribution in [0.25, 0.3) is 0 Å². The molecule has 0 spiro atoms. The number of carbonyl (C=O) groups is 1. The molecule has 0 fully saturated rings. The van der Waals surface area contributed by atoms with Gasteiger partial charge in [-0.15, -0.1) is 24.8 Å². The number of amides is 1. The van der Waals surface area contributed by atoms with E-state index in [1.54, 1.807) is 13.0 Å². The van der Waals surface area contributed by atoms with Gasteiger partial charge in [0.1, 0.15) is 5.82 Å². The fourth-order valence-corrected chi connectivity index (χ4v) is 1.96. The van der Waals surface area contributed by atoms with Crippen molar-refractivity contribution in [3.05, 3.63) is 65.5 Å². The highest BCUT2D eigenvalue weighted by Crippen LogP contribution is 2.12. The molecule has 1 atom stereocenters. The van der Waals surface area contributed by atoms with Gasteiger partial charge in [-0.1, -0.05) is 24.3 Å². The van der Waals surface area contributed by atoms with E-state index in [0.29, 0.717) is 13.1 Å². The molecule has 0 radical (unpaired) electrons. The van der Waals surface area contributed by atoms with Crippen LogP contribution in [0.5, 0.6) is 0 Å². The Hall–Kier alpha value is -1.82. The second-order valence-corrected chi connectivity index (χ2v) is 5.19. The summed E-state index contributed by atoms with van der Waals surface area (Å²) in [7, 11) is 0. The van der Waals surface area contributed by atoms with Crippen molar-refractivity contribution in [3.63, 3.8) is 0 Å². The van der Waals surface area contributed by atoms with Crippen molar-refractivity contribution >= 4 is 36.4 Å². The molecule has 0 saturated heterocycles. The first kappa shape index (κ1) is 22.2. The van der Waals surface area contributed by atoms with Crippen LogP contribution in [0.4, 0.5) is 10.1 Å². The minimum atomic E-state index is -0.367. The van der Waals surface area contributed by atoms with E-state index in [2.05, 4.69) is 10.6 Å².